The summed E-state index contributed by atoms with van der Waals surface area (Å²) in [5.74, 6) is 0.727. The predicted molar refractivity (Wildman–Crippen MR) is 144 cm³/mol. The molecule has 1 aromatic carbocycles. The first-order valence-corrected chi connectivity index (χ1v) is 13.9. The molecular formula is C29H41N5O2. The highest BCUT2D eigenvalue weighted by Crippen LogP contribution is 2.29. The SMILES string of the molecule is O=C(CC1CCCC1)Nc1cccc(N2CCC(NC[C@@H](c3ccccn3)N3CCOCC3)CC2)c1. The summed E-state index contributed by atoms with van der Waals surface area (Å²) in [6.45, 7) is 6.43. The molecule has 1 atom stereocenters. The number of ether oxygens (including phenoxy) is 1. The molecule has 0 bridgehead atoms. The first-order valence-electron chi connectivity index (χ1n) is 13.9. The summed E-state index contributed by atoms with van der Waals surface area (Å²) < 4.78 is 5.58. The molecule has 1 amide bonds. The molecule has 36 heavy (non-hydrogen) atoms. The Morgan fingerprint density at radius 2 is 1.81 bits per heavy atom. The summed E-state index contributed by atoms with van der Waals surface area (Å²) in [6.07, 6.45) is 9.71. The largest absolute Gasteiger partial charge is 0.379 e. The van der Waals surface area contributed by atoms with E-state index in [2.05, 4.69) is 55.7 Å². The smallest absolute Gasteiger partial charge is 0.224 e. The highest BCUT2D eigenvalue weighted by Gasteiger charge is 2.26. The van der Waals surface area contributed by atoms with Crippen molar-refractivity contribution in [3.63, 3.8) is 0 Å². The number of pyridine rings is 1. The van der Waals surface area contributed by atoms with E-state index in [1.807, 2.05) is 18.3 Å². The van der Waals surface area contributed by atoms with Gasteiger partial charge in [-0.3, -0.25) is 14.7 Å². The molecule has 2 aliphatic heterocycles. The van der Waals surface area contributed by atoms with E-state index in [0.717, 1.165) is 70.2 Å². The van der Waals surface area contributed by atoms with E-state index in [1.165, 1.54) is 31.4 Å². The van der Waals surface area contributed by atoms with E-state index in [1.54, 1.807) is 0 Å². The Labute approximate surface area is 215 Å². The molecule has 5 rings (SSSR count). The van der Waals surface area contributed by atoms with Gasteiger partial charge in [0.15, 0.2) is 0 Å². The van der Waals surface area contributed by atoms with Crippen molar-refractivity contribution in [1.29, 1.82) is 0 Å². The molecular weight excluding hydrogens is 450 g/mol. The maximum Gasteiger partial charge on any atom is 0.224 e. The molecule has 1 aliphatic carbocycles. The minimum Gasteiger partial charge on any atom is -0.379 e. The van der Waals surface area contributed by atoms with Crippen LogP contribution in [0.3, 0.4) is 0 Å². The number of carbonyl (C=O) groups excluding carboxylic acids is 1. The highest BCUT2D eigenvalue weighted by atomic mass is 16.5. The summed E-state index contributed by atoms with van der Waals surface area (Å²) in [5, 5.41) is 6.99. The van der Waals surface area contributed by atoms with Gasteiger partial charge >= 0.3 is 0 Å². The Kier molecular flexibility index (Phi) is 8.85. The number of anilines is 2. The van der Waals surface area contributed by atoms with Gasteiger partial charge in [0.25, 0.3) is 0 Å². The summed E-state index contributed by atoms with van der Waals surface area (Å²) in [4.78, 5) is 22.1. The van der Waals surface area contributed by atoms with Crippen LogP contribution in [-0.4, -0.2) is 67.8 Å². The number of morpholine rings is 1. The summed E-state index contributed by atoms with van der Waals surface area (Å²) >= 11 is 0. The van der Waals surface area contributed by atoms with Crippen LogP contribution in [-0.2, 0) is 9.53 Å². The number of nitrogens with zero attached hydrogens (tertiary/aromatic N) is 3. The maximum atomic E-state index is 12.5. The number of amides is 1. The quantitative estimate of drug-likeness (QED) is 0.547. The van der Waals surface area contributed by atoms with E-state index in [0.29, 0.717) is 18.4 Å². The number of rotatable bonds is 9. The van der Waals surface area contributed by atoms with Gasteiger partial charge in [0.2, 0.25) is 5.91 Å². The van der Waals surface area contributed by atoms with Crippen molar-refractivity contribution in [3.8, 4) is 0 Å². The third-order valence-corrected chi connectivity index (χ3v) is 8.05. The Balaban J connectivity index is 1.11. The molecule has 2 aromatic rings. The molecule has 0 unspecified atom stereocenters. The number of aromatic nitrogens is 1. The first kappa shape index (κ1) is 25.2. The molecule has 2 saturated heterocycles. The van der Waals surface area contributed by atoms with Gasteiger partial charge in [0.05, 0.1) is 24.9 Å². The lowest BCUT2D eigenvalue weighted by Gasteiger charge is -2.37. The fraction of sp³-hybridized carbons (Fsp3) is 0.586. The standard InChI is InChI=1S/C29H41N5O2/c35-29(20-23-6-1-2-7-23)32-25-8-5-9-26(21-25)33-14-11-24(12-15-33)31-22-28(27-10-3-4-13-30-27)34-16-18-36-19-17-34/h3-5,8-10,13,21,23-24,28,31H,1-2,6-7,11-12,14-20,22H2,(H,32,35)/t28-/m0/s1. The Bertz CT molecular complexity index is 951. The average Bonchev–Trinajstić information content (AvgIpc) is 3.43. The van der Waals surface area contributed by atoms with Crippen LogP contribution in [0.15, 0.2) is 48.7 Å². The van der Waals surface area contributed by atoms with Crippen molar-refractivity contribution in [2.75, 3.05) is 56.2 Å². The Morgan fingerprint density at radius 1 is 1.00 bits per heavy atom. The summed E-state index contributed by atoms with van der Waals surface area (Å²) in [5.41, 5.74) is 3.25. The lowest BCUT2D eigenvalue weighted by Crippen LogP contribution is -2.47. The molecule has 3 aliphatic rings. The molecule has 7 nitrogen and oxygen atoms in total. The number of piperidine rings is 1. The van der Waals surface area contributed by atoms with E-state index in [9.17, 15) is 4.79 Å². The van der Waals surface area contributed by atoms with Gasteiger partial charge in [-0.2, -0.15) is 0 Å². The number of hydrogen-bond donors (Lipinski definition) is 2. The number of hydrogen-bond acceptors (Lipinski definition) is 6. The van der Waals surface area contributed by atoms with Crippen LogP contribution in [0, 0.1) is 5.92 Å². The maximum absolute atomic E-state index is 12.5. The fourth-order valence-electron chi connectivity index (χ4n) is 5.97. The van der Waals surface area contributed by atoms with Crippen molar-refractivity contribution < 1.29 is 9.53 Å². The minimum absolute atomic E-state index is 0.157. The van der Waals surface area contributed by atoms with Crippen molar-refractivity contribution in [2.45, 2.75) is 57.0 Å². The van der Waals surface area contributed by atoms with E-state index in [-0.39, 0.29) is 11.9 Å². The van der Waals surface area contributed by atoms with Gasteiger partial charge in [-0.25, -0.2) is 0 Å². The molecule has 3 fully saturated rings. The van der Waals surface area contributed by atoms with Gasteiger partial charge in [0, 0.05) is 62.8 Å². The molecule has 1 aromatic heterocycles. The molecule has 3 heterocycles. The third-order valence-electron chi connectivity index (χ3n) is 8.05. The fourth-order valence-corrected chi connectivity index (χ4v) is 5.97. The molecule has 194 valence electrons. The van der Waals surface area contributed by atoms with Gasteiger partial charge < -0.3 is 20.3 Å². The average molecular weight is 492 g/mol. The van der Waals surface area contributed by atoms with E-state index < -0.39 is 0 Å². The van der Waals surface area contributed by atoms with Crippen molar-refractivity contribution in [1.82, 2.24) is 15.2 Å². The predicted octanol–water partition coefficient (Wildman–Crippen LogP) is 4.23. The zero-order valence-electron chi connectivity index (χ0n) is 21.4. The first-order chi connectivity index (χ1) is 17.7. The van der Waals surface area contributed by atoms with Gasteiger partial charge in [-0.1, -0.05) is 25.0 Å². The van der Waals surface area contributed by atoms with Gasteiger partial charge in [-0.15, -0.1) is 0 Å². The molecule has 0 radical (unpaired) electrons. The number of nitrogens with one attached hydrogen (secondary N) is 2. The van der Waals surface area contributed by atoms with Crippen molar-refractivity contribution in [2.24, 2.45) is 5.92 Å². The van der Waals surface area contributed by atoms with Crippen molar-refractivity contribution >= 4 is 17.3 Å². The van der Waals surface area contributed by atoms with Gasteiger partial charge in [0.1, 0.15) is 0 Å². The summed E-state index contributed by atoms with van der Waals surface area (Å²) in [6, 6.07) is 15.4. The lowest BCUT2D eigenvalue weighted by atomic mass is 10.0. The Morgan fingerprint density at radius 3 is 2.56 bits per heavy atom. The van der Waals surface area contributed by atoms with E-state index in [4.69, 9.17) is 4.74 Å². The van der Waals surface area contributed by atoms with Crippen LogP contribution in [0.25, 0.3) is 0 Å². The van der Waals surface area contributed by atoms with Crippen LogP contribution < -0.4 is 15.5 Å². The second-order valence-corrected chi connectivity index (χ2v) is 10.5. The third kappa shape index (κ3) is 6.84. The molecule has 7 heteroatoms. The molecule has 1 saturated carbocycles. The zero-order valence-corrected chi connectivity index (χ0v) is 21.4. The van der Waals surface area contributed by atoms with Crippen LogP contribution >= 0.6 is 0 Å². The number of carbonyl (C=O) groups is 1. The van der Waals surface area contributed by atoms with Crippen LogP contribution in [0.2, 0.25) is 0 Å². The Hall–Kier alpha value is -2.48. The topological polar surface area (TPSA) is 69.7 Å². The van der Waals surface area contributed by atoms with Crippen molar-refractivity contribution in [3.05, 3.63) is 54.4 Å². The molecule has 2 N–H and O–H groups in total. The lowest BCUT2D eigenvalue weighted by molar-refractivity contribution is -0.117. The summed E-state index contributed by atoms with van der Waals surface area (Å²) in [7, 11) is 0. The zero-order chi connectivity index (χ0) is 24.6. The van der Waals surface area contributed by atoms with Crippen LogP contribution in [0.1, 0.15) is 56.7 Å². The number of benzene rings is 1. The second-order valence-electron chi connectivity index (χ2n) is 10.5. The second kappa shape index (κ2) is 12.7. The minimum atomic E-state index is 0.157. The van der Waals surface area contributed by atoms with Crippen LogP contribution in [0.5, 0.6) is 0 Å². The normalized spacial score (nSPS) is 20.9. The highest BCUT2D eigenvalue weighted by molar-refractivity contribution is 5.91. The van der Waals surface area contributed by atoms with Gasteiger partial charge in [-0.05, 0) is 61.9 Å². The van der Waals surface area contributed by atoms with E-state index >= 15 is 0 Å². The molecule has 0 spiro atoms. The monoisotopic (exact) mass is 491 g/mol. The van der Waals surface area contributed by atoms with Crippen LogP contribution in [0.4, 0.5) is 11.4 Å².